The fourth-order valence-corrected chi connectivity index (χ4v) is 2.26. The van der Waals surface area contributed by atoms with E-state index in [4.69, 9.17) is 0 Å². The third-order valence-corrected chi connectivity index (χ3v) is 3.32. The van der Waals surface area contributed by atoms with Crippen molar-refractivity contribution in [2.45, 2.75) is 26.3 Å². The molecular formula is C13H14BrN3O. The topological polar surface area (TPSA) is 47.8 Å². The molecule has 2 rings (SSSR count). The summed E-state index contributed by atoms with van der Waals surface area (Å²) in [4.78, 5) is 16.3. The normalized spacial score (nSPS) is 10.6. The highest BCUT2D eigenvalue weighted by molar-refractivity contribution is 9.10. The lowest BCUT2D eigenvalue weighted by molar-refractivity contribution is 0.0988. The van der Waals surface area contributed by atoms with Gasteiger partial charge in [0.2, 0.25) is 0 Å². The van der Waals surface area contributed by atoms with Crippen LogP contribution in [-0.2, 0) is 13.0 Å². The molecule has 5 heteroatoms. The van der Waals surface area contributed by atoms with E-state index in [1.54, 1.807) is 4.68 Å². The van der Waals surface area contributed by atoms with Gasteiger partial charge in [0.1, 0.15) is 12.2 Å². The van der Waals surface area contributed by atoms with Crippen LogP contribution in [0, 0.1) is 0 Å². The first-order chi connectivity index (χ1) is 8.72. The van der Waals surface area contributed by atoms with Crippen LogP contribution in [0.2, 0.25) is 0 Å². The van der Waals surface area contributed by atoms with E-state index in [1.165, 1.54) is 6.33 Å². The fourth-order valence-electron chi connectivity index (χ4n) is 1.75. The van der Waals surface area contributed by atoms with Crippen LogP contribution in [0.15, 0.2) is 35.1 Å². The van der Waals surface area contributed by atoms with Crippen LogP contribution < -0.4 is 0 Å². The van der Waals surface area contributed by atoms with Crippen molar-refractivity contribution in [2.24, 2.45) is 0 Å². The van der Waals surface area contributed by atoms with Crippen LogP contribution in [-0.4, -0.2) is 20.5 Å². The Hall–Kier alpha value is -1.49. The first-order valence-corrected chi connectivity index (χ1v) is 6.66. The van der Waals surface area contributed by atoms with Crippen molar-refractivity contribution in [3.8, 4) is 0 Å². The number of aromatic nitrogens is 3. The summed E-state index contributed by atoms with van der Waals surface area (Å²) in [5.74, 6) is 0.769. The zero-order chi connectivity index (χ0) is 13.0. The Bertz CT molecular complexity index is 551. The Morgan fingerprint density at radius 3 is 2.89 bits per heavy atom. The molecule has 94 valence electrons. The molecule has 0 spiro atoms. The number of halogens is 1. The van der Waals surface area contributed by atoms with Gasteiger partial charge in [-0.2, -0.15) is 5.10 Å². The van der Waals surface area contributed by atoms with Crippen LogP contribution in [0.25, 0.3) is 0 Å². The summed E-state index contributed by atoms with van der Waals surface area (Å²) >= 11 is 3.39. The number of Topliss-reactive ketones (excluding diaryl/α,β-unsaturated/α-hetero) is 1. The number of ketones is 1. The molecule has 4 nitrogen and oxygen atoms in total. The lowest BCUT2D eigenvalue weighted by Crippen LogP contribution is -2.12. The van der Waals surface area contributed by atoms with E-state index in [2.05, 4.69) is 32.9 Å². The lowest BCUT2D eigenvalue weighted by atomic mass is 10.1. The Morgan fingerprint density at radius 1 is 1.39 bits per heavy atom. The molecule has 0 saturated carbocycles. The summed E-state index contributed by atoms with van der Waals surface area (Å²) in [5, 5.41) is 4.12. The van der Waals surface area contributed by atoms with Crippen molar-refractivity contribution in [3.63, 3.8) is 0 Å². The molecule has 0 unspecified atom stereocenters. The molecule has 0 bridgehead atoms. The number of benzene rings is 1. The van der Waals surface area contributed by atoms with Crippen molar-refractivity contribution in [1.29, 1.82) is 0 Å². The van der Waals surface area contributed by atoms with E-state index in [0.717, 1.165) is 23.3 Å². The second kappa shape index (κ2) is 5.91. The van der Waals surface area contributed by atoms with Crippen LogP contribution in [0.3, 0.4) is 0 Å². The molecule has 1 aromatic carbocycles. The summed E-state index contributed by atoms with van der Waals surface area (Å²) < 4.78 is 2.60. The van der Waals surface area contributed by atoms with Gasteiger partial charge in [-0.15, -0.1) is 0 Å². The Balaban J connectivity index is 2.17. The van der Waals surface area contributed by atoms with E-state index < -0.39 is 0 Å². The van der Waals surface area contributed by atoms with Gasteiger partial charge in [-0.1, -0.05) is 41.1 Å². The minimum Gasteiger partial charge on any atom is -0.294 e. The highest BCUT2D eigenvalue weighted by atomic mass is 79.9. The average molecular weight is 308 g/mol. The molecule has 2 aromatic rings. The van der Waals surface area contributed by atoms with E-state index in [1.807, 2.05) is 24.3 Å². The molecule has 18 heavy (non-hydrogen) atoms. The number of hydrogen-bond donors (Lipinski definition) is 0. The van der Waals surface area contributed by atoms with Crippen molar-refractivity contribution >= 4 is 21.7 Å². The number of carbonyl (C=O) groups is 1. The molecule has 0 amide bonds. The maximum absolute atomic E-state index is 12.2. The Kier molecular flexibility index (Phi) is 4.25. The first kappa shape index (κ1) is 13.0. The largest absolute Gasteiger partial charge is 0.294 e. The van der Waals surface area contributed by atoms with Gasteiger partial charge >= 0.3 is 0 Å². The predicted molar refractivity (Wildman–Crippen MR) is 72.5 cm³/mol. The Morgan fingerprint density at radius 2 is 2.17 bits per heavy atom. The van der Waals surface area contributed by atoms with E-state index in [-0.39, 0.29) is 12.2 Å². The van der Waals surface area contributed by atoms with Crippen LogP contribution in [0.1, 0.15) is 29.5 Å². The predicted octanol–water partition coefficient (Wildman–Crippen LogP) is 2.88. The number of rotatable bonds is 5. The number of nitrogens with zero attached hydrogens (tertiary/aromatic N) is 3. The highest BCUT2D eigenvalue weighted by Gasteiger charge is 2.13. The molecule has 0 aliphatic carbocycles. The van der Waals surface area contributed by atoms with E-state index in [9.17, 15) is 4.79 Å². The molecule has 0 saturated heterocycles. The zero-order valence-corrected chi connectivity index (χ0v) is 11.7. The highest BCUT2D eigenvalue weighted by Crippen LogP contribution is 2.17. The van der Waals surface area contributed by atoms with Gasteiger partial charge in [0.15, 0.2) is 5.78 Å². The second-order valence-electron chi connectivity index (χ2n) is 3.98. The van der Waals surface area contributed by atoms with Gasteiger partial charge in [-0.05, 0) is 12.5 Å². The fraction of sp³-hybridized carbons (Fsp3) is 0.308. The summed E-state index contributed by atoms with van der Waals surface area (Å²) in [5.41, 5.74) is 0.684. The van der Waals surface area contributed by atoms with Crippen molar-refractivity contribution < 1.29 is 4.79 Å². The average Bonchev–Trinajstić information content (AvgIpc) is 2.78. The standard InChI is InChI=1S/C13H14BrN3O/c1-2-7-17-13(15-9-16-17)8-12(18)10-5-3-4-6-11(10)14/h3-6,9H,2,7-8H2,1H3. The van der Waals surface area contributed by atoms with Gasteiger partial charge in [-0.25, -0.2) is 9.67 Å². The third kappa shape index (κ3) is 2.85. The Labute approximate surface area is 114 Å². The number of carbonyl (C=O) groups excluding carboxylic acids is 1. The van der Waals surface area contributed by atoms with Gasteiger partial charge < -0.3 is 0 Å². The molecular weight excluding hydrogens is 294 g/mol. The molecule has 1 aromatic heterocycles. The van der Waals surface area contributed by atoms with Gasteiger partial charge in [0.25, 0.3) is 0 Å². The SMILES string of the molecule is CCCn1ncnc1CC(=O)c1ccccc1Br. The van der Waals surface area contributed by atoms with Crippen LogP contribution in [0.4, 0.5) is 0 Å². The molecule has 0 radical (unpaired) electrons. The molecule has 0 aliphatic rings. The first-order valence-electron chi connectivity index (χ1n) is 5.86. The summed E-state index contributed by atoms with van der Waals surface area (Å²) in [6.45, 7) is 2.86. The summed E-state index contributed by atoms with van der Waals surface area (Å²) in [7, 11) is 0. The van der Waals surface area contributed by atoms with Gasteiger partial charge in [-0.3, -0.25) is 4.79 Å². The zero-order valence-electron chi connectivity index (χ0n) is 10.1. The van der Waals surface area contributed by atoms with Crippen LogP contribution in [0.5, 0.6) is 0 Å². The third-order valence-electron chi connectivity index (χ3n) is 2.62. The van der Waals surface area contributed by atoms with Crippen molar-refractivity contribution in [1.82, 2.24) is 14.8 Å². The van der Waals surface area contributed by atoms with Crippen molar-refractivity contribution in [2.75, 3.05) is 0 Å². The molecule has 0 fully saturated rings. The van der Waals surface area contributed by atoms with Gasteiger partial charge in [0.05, 0.1) is 6.42 Å². The molecule has 1 heterocycles. The second-order valence-corrected chi connectivity index (χ2v) is 4.83. The minimum absolute atomic E-state index is 0.0489. The molecule has 0 aliphatic heterocycles. The maximum atomic E-state index is 12.2. The number of hydrogen-bond acceptors (Lipinski definition) is 3. The number of aryl methyl sites for hydroxylation is 1. The quantitative estimate of drug-likeness (QED) is 0.798. The van der Waals surface area contributed by atoms with Gasteiger partial charge in [0, 0.05) is 16.6 Å². The summed E-state index contributed by atoms with van der Waals surface area (Å²) in [6.07, 6.45) is 2.75. The maximum Gasteiger partial charge on any atom is 0.171 e. The van der Waals surface area contributed by atoms with Crippen molar-refractivity contribution in [3.05, 3.63) is 46.5 Å². The van der Waals surface area contributed by atoms with E-state index in [0.29, 0.717) is 5.56 Å². The molecule has 0 atom stereocenters. The van der Waals surface area contributed by atoms with E-state index >= 15 is 0 Å². The van der Waals surface area contributed by atoms with Crippen LogP contribution >= 0.6 is 15.9 Å². The monoisotopic (exact) mass is 307 g/mol. The molecule has 0 N–H and O–H groups in total. The smallest absolute Gasteiger partial charge is 0.171 e. The minimum atomic E-state index is 0.0489. The summed E-state index contributed by atoms with van der Waals surface area (Å²) in [6, 6.07) is 7.42. The lowest BCUT2D eigenvalue weighted by Gasteiger charge is -2.05.